The summed E-state index contributed by atoms with van der Waals surface area (Å²) in [7, 11) is 1.61. The molecule has 3 rings (SSSR count). The van der Waals surface area contributed by atoms with Crippen LogP contribution in [0.15, 0.2) is 29.4 Å². The van der Waals surface area contributed by atoms with Crippen molar-refractivity contribution in [3.63, 3.8) is 0 Å². The molecular formula is C17H21N3O2. The second-order valence-electron chi connectivity index (χ2n) is 6.06. The maximum Gasteiger partial charge on any atom is 0.270 e. The van der Waals surface area contributed by atoms with Crippen molar-refractivity contribution in [3.05, 3.63) is 35.4 Å². The Morgan fingerprint density at radius 2 is 2.05 bits per heavy atom. The average molecular weight is 299 g/mol. The maximum absolute atomic E-state index is 12.6. The lowest BCUT2D eigenvalue weighted by Gasteiger charge is -2.23. The highest BCUT2D eigenvalue weighted by Gasteiger charge is 2.32. The van der Waals surface area contributed by atoms with Gasteiger partial charge in [-0.25, -0.2) is 5.01 Å². The van der Waals surface area contributed by atoms with Gasteiger partial charge < -0.3 is 4.90 Å². The van der Waals surface area contributed by atoms with Crippen LogP contribution in [0.1, 0.15) is 36.3 Å². The molecule has 5 heteroatoms. The first-order valence-electron chi connectivity index (χ1n) is 7.75. The molecule has 0 unspecified atom stereocenters. The summed E-state index contributed by atoms with van der Waals surface area (Å²) in [6.07, 6.45) is 1.81. The van der Waals surface area contributed by atoms with Crippen LogP contribution in [-0.2, 0) is 9.59 Å². The van der Waals surface area contributed by atoms with Gasteiger partial charge in [0.05, 0.1) is 0 Å². The minimum Gasteiger partial charge on any atom is -0.337 e. The highest BCUT2D eigenvalue weighted by atomic mass is 16.2. The zero-order valence-electron chi connectivity index (χ0n) is 13.1. The number of aryl methyl sites for hydroxylation is 1. The van der Waals surface area contributed by atoms with Gasteiger partial charge in [-0.2, -0.15) is 5.10 Å². The van der Waals surface area contributed by atoms with Crippen LogP contribution in [0.3, 0.4) is 0 Å². The number of benzene rings is 1. The van der Waals surface area contributed by atoms with E-state index in [1.165, 1.54) is 16.1 Å². The summed E-state index contributed by atoms with van der Waals surface area (Å²) in [4.78, 5) is 25.9. The van der Waals surface area contributed by atoms with Crippen molar-refractivity contribution in [3.8, 4) is 0 Å². The summed E-state index contributed by atoms with van der Waals surface area (Å²) in [5, 5.41) is 5.42. The van der Waals surface area contributed by atoms with E-state index in [0.29, 0.717) is 24.5 Å². The zero-order chi connectivity index (χ0) is 15.7. The van der Waals surface area contributed by atoms with Crippen LogP contribution in [0.4, 0.5) is 0 Å². The minimum absolute atomic E-state index is 0.0181. The molecule has 1 aromatic carbocycles. The Kier molecular flexibility index (Phi) is 3.96. The number of hydrogen-bond donors (Lipinski definition) is 0. The van der Waals surface area contributed by atoms with Crippen molar-refractivity contribution in [2.75, 3.05) is 20.1 Å². The van der Waals surface area contributed by atoms with E-state index in [4.69, 9.17) is 0 Å². The van der Waals surface area contributed by atoms with Crippen LogP contribution in [0.2, 0.25) is 0 Å². The molecule has 2 amide bonds. The SMILES string of the molecule is Cc1ccccc1[C@H]1CCN(C(=O)C2=NN(C)C(=O)CC2)C1. The summed E-state index contributed by atoms with van der Waals surface area (Å²) in [5.74, 6) is 0.347. The second-order valence-corrected chi connectivity index (χ2v) is 6.06. The summed E-state index contributed by atoms with van der Waals surface area (Å²) in [6, 6.07) is 8.36. The number of amides is 2. The Bertz CT molecular complexity index is 639. The number of likely N-dealkylation sites (tertiary alicyclic amines) is 1. The lowest BCUT2D eigenvalue weighted by Crippen LogP contribution is -2.39. The summed E-state index contributed by atoms with van der Waals surface area (Å²) >= 11 is 0. The fraction of sp³-hybridized carbons (Fsp3) is 0.471. The molecule has 2 aliphatic heterocycles. The molecule has 1 fully saturated rings. The Morgan fingerprint density at radius 3 is 2.77 bits per heavy atom. The molecule has 0 spiro atoms. The van der Waals surface area contributed by atoms with E-state index in [-0.39, 0.29) is 11.8 Å². The molecule has 2 aliphatic rings. The fourth-order valence-corrected chi connectivity index (χ4v) is 3.25. The molecule has 0 bridgehead atoms. The van der Waals surface area contributed by atoms with Crippen LogP contribution >= 0.6 is 0 Å². The first-order chi connectivity index (χ1) is 10.6. The maximum atomic E-state index is 12.6. The van der Waals surface area contributed by atoms with Crippen LogP contribution < -0.4 is 0 Å². The third kappa shape index (κ3) is 2.75. The van der Waals surface area contributed by atoms with Crippen molar-refractivity contribution >= 4 is 17.5 Å². The summed E-state index contributed by atoms with van der Waals surface area (Å²) in [6.45, 7) is 3.61. The van der Waals surface area contributed by atoms with Crippen molar-refractivity contribution in [2.24, 2.45) is 5.10 Å². The monoisotopic (exact) mass is 299 g/mol. The molecule has 0 saturated carbocycles. The molecule has 0 N–H and O–H groups in total. The van der Waals surface area contributed by atoms with Gasteiger partial charge >= 0.3 is 0 Å². The van der Waals surface area contributed by atoms with Crippen LogP contribution in [-0.4, -0.2) is 47.6 Å². The average Bonchev–Trinajstić information content (AvgIpc) is 2.99. The summed E-state index contributed by atoms with van der Waals surface area (Å²) in [5.41, 5.74) is 3.12. The van der Waals surface area contributed by atoms with Gasteiger partial charge in [0.2, 0.25) is 5.91 Å². The number of carbonyl (C=O) groups excluding carboxylic acids is 2. The van der Waals surface area contributed by atoms with Gasteiger partial charge in [-0.15, -0.1) is 0 Å². The molecule has 1 atom stereocenters. The van der Waals surface area contributed by atoms with E-state index in [2.05, 4.69) is 30.2 Å². The first-order valence-corrected chi connectivity index (χ1v) is 7.75. The Hall–Kier alpha value is -2.17. The van der Waals surface area contributed by atoms with Gasteiger partial charge in [-0.1, -0.05) is 24.3 Å². The Morgan fingerprint density at radius 1 is 1.27 bits per heavy atom. The smallest absolute Gasteiger partial charge is 0.270 e. The predicted molar refractivity (Wildman–Crippen MR) is 84.6 cm³/mol. The van der Waals surface area contributed by atoms with Crippen molar-refractivity contribution in [2.45, 2.75) is 32.1 Å². The van der Waals surface area contributed by atoms with Crippen LogP contribution in [0.5, 0.6) is 0 Å². The van der Waals surface area contributed by atoms with Crippen molar-refractivity contribution in [1.29, 1.82) is 0 Å². The lowest BCUT2D eigenvalue weighted by molar-refractivity contribution is -0.130. The quantitative estimate of drug-likeness (QED) is 0.838. The van der Waals surface area contributed by atoms with Crippen LogP contribution in [0, 0.1) is 6.92 Å². The standard InChI is InChI=1S/C17H21N3O2/c1-12-5-3-4-6-14(12)13-9-10-20(11-13)17(22)15-7-8-16(21)19(2)18-15/h3-6,13H,7-11H2,1-2H3/t13-/m0/s1. The lowest BCUT2D eigenvalue weighted by atomic mass is 9.94. The van der Waals surface area contributed by atoms with E-state index in [0.717, 1.165) is 19.5 Å². The van der Waals surface area contributed by atoms with Gasteiger partial charge in [0, 0.05) is 38.9 Å². The second kappa shape index (κ2) is 5.91. The van der Waals surface area contributed by atoms with Gasteiger partial charge in [0.15, 0.2) is 0 Å². The number of rotatable bonds is 2. The number of hydrazone groups is 1. The number of hydrogen-bond acceptors (Lipinski definition) is 3. The minimum atomic E-state index is -0.0317. The van der Waals surface area contributed by atoms with Crippen LogP contribution in [0.25, 0.3) is 0 Å². The van der Waals surface area contributed by atoms with Gasteiger partial charge in [-0.3, -0.25) is 9.59 Å². The van der Waals surface area contributed by atoms with Gasteiger partial charge in [0.1, 0.15) is 5.71 Å². The van der Waals surface area contributed by atoms with E-state index in [9.17, 15) is 9.59 Å². The molecule has 22 heavy (non-hydrogen) atoms. The Balaban J connectivity index is 1.70. The molecule has 1 saturated heterocycles. The van der Waals surface area contributed by atoms with E-state index < -0.39 is 0 Å². The third-order valence-corrected chi connectivity index (χ3v) is 4.56. The molecule has 5 nitrogen and oxygen atoms in total. The molecule has 0 aliphatic carbocycles. The highest BCUT2D eigenvalue weighted by Crippen LogP contribution is 2.29. The van der Waals surface area contributed by atoms with E-state index in [1.807, 2.05) is 11.0 Å². The normalized spacial score (nSPS) is 22.0. The van der Waals surface area contributed by atoms with Crippen molar-refractivity contribution in [1.82, 2.24) is 9.91 Å². The van der Waals surface area contributed by atoms with E-state index >= 15 is 0 Å². The highest BCUT2D eigenvalue weighted by molar-refractivity contribution is 6.39. The number of nitrogens with zero attached hydrogens (tertiary/aromatic N) is 3. The number of carbonyl (C=O) groups is 2. The predicted octanol–water partition coefficient (Wildman–Crippen LogP) is 1.92. The molecule has 116 valence electrons. The van der Waals surface area contributed by atoms with E-state index in [1.54, 1.807) is 7.05 Å². The molecule has 1 aromatic rings. The Labute approximate surface area is 130 Å². The molecular weight excluding hydrogens is 278 g/mol. The molecule has 0 aromatic heterocycles. The summed E-state index contributed by atoms with van der Waals surface area (Å²) < 4.78 is 0. The topological polar surface area (TPSA) is 53.0 Å². The fourth-order valence-electron chi connectivity index (χ4n) is 3.25. The first kappa shape index (κ1) is 14.8. The zero-order valence-corrected chi connectivity index (χ0v) is 13.1. The largest absolute Gasteiger partial charge is 0.337 e. The van der Waals surface area contributed by atoms with Gasteiger partial charge in [0.25, 0.3) is 5.91 Å². The van der Waals surface area contributed by atoms with Crippen molar-refractivity contribution < 1.29 is 9.59 Å². The molecule has 2 heterocycles. The third-order valence-electron chi connectivity index (χ3n) is 4.56. The molecule has 0 radical (unpaired) electrons. The van der Waals surface area contributed by atoms with Gasteiger partial charge in [-0.05, 0) is 24.5 Å².